The first-order valence-electron chi connectivity index (χ1n) is 6.28. The molecule has 0 unspecified atom stereocenters. The third kappa shape index (κ3) is 1.12. The van der Waals surface area contributed by atoms with E-state index in [1.54, 1.807) is 0 Å². The van der Waals surface area contributed by atoms with Crippen LogP contribution < -0.4 is 4.57 Å². The molecule has 0 amide bonds. The Kier molecular flexibility index (Phi) is 1.64. The van der Waals surface area contributed by atoms with Crippen molar-refractivity contribution in [2.24, 2.45) is 0 Å². The molecule has 4 heteroatoms. The average Bonchev–Trinajstić information content (AvgIpc) is 3.07. The van der Waals surface area contributed by atoms with E-state index in [1.807, 2.05) is 23.6 Å². The third-order valence-corrected chi connectivity index (χ3v) is 5.02. The van der Waals surface area contributed by atoms with Gasteiger partial charge in [0.2, 0.25) is 5.52 Å². The normalized spacial score (nSPS) is 13.1. The molecule has 0 saturated carbocycles. The molecule has 19 heavy (non-hydrogen) atoms. The maximum absolute atomic E-state index is 4.42. The lowest BCUT2D eigenvalue weighted by atomic mass is 10.1. The van der Waals surface area contributed by atoms with E-state index < -0.39 is 0 Å². The number of aromatic nitrogens is 3. The van der Waals surface area contributed by atoms with Gasteiger partial charge in [0.1, 0.15) is 5.65 Å². The van der Waals surface area contributed by atoms with Gasteiger partial charge in [0, 0.05) is 18.0 Å². The summed E-state index contributed by atoms with van der Waals surface area (Å²) in [6.07, 6.45) is 3.93. The van der Waals surface area contributed by atoms with Crippen LogP contribution in [0.15, 0.2) is 48.8 Å². The second-order valence-corrected chi connectivity index (χ2v) is 5.81. The van der Waals surface area contributed by atoms with E-state index in [2.05, 4.69) is 50.5 Å². The van der Waals surface area contributed by atoms with Gasteiger partial charge in [-0.3, -0.25) is 4.40 Å². The minimum absolute atomic E-state index is 0.975. The first-order chi connectivity index (χ1) is 9.42. The fraction of sp³-hybridized carbons (Fsp3) is 0.0667. The lowest BCUT2D eigenvalue weighted by Gasteiger charge is -1.91. The monoisotopic (exact) mass is 264 g/mol. The highest BCUT2D eigenvalue weighted by atomic mass is 32.1. The minimum atomic E-state index is 0.975. The predicted molar refractivity (Wildman–Crippen MR) is 75.3 cm³/mol. The summed E-state index contributed by atoms with van der Waals surface area (Å²) in [4.78, 5) is 5.71. The topological polar surface area (TPSA) is 21.2 Å². The molecule has 1 aliphatic heterocycles. The molecule has 0 atom stereocenters. The number of fused-ring (bicyclic) bond motifs is 7. The van der Waals surface area contributed by atoms with Crippen LogP contribution in [0, 0.1) is 0 Å². The maximum Gasteiger partial charge on any atom is 0.272 e. The number of nitrogens with zero attached hydrogens (tertiary/aromatic N) is 3. The Bertz CT molecular complexity index is 949. The lowest BCUT2D eigenvalue weighted by molar-refractivity contribution is -0.641. The van der Waals surface area contributed by atoms with Crippen molar-refractivity contribution in [3.8, 4) is 10.6 Å². The van der Waals surface area contributed by atoms with Crippen molar-refractivity contribution in [2.75, 3.05) is 0 Å². The van der Waals surface area contributed by atoms with Crippen LogP contribution in [-0.4, -0.2) is 9.38 Å². The van der Waals surface area contributed by atoms with Crippen LogP contribution in [0.1, 0.15) is 5.56 Å². The van der Waals surface area contributed by atoms with Crippen LogP contribution in [-0.2, 0) is 6.54 Å². The highest BCUT2D eigenvalue weighted by Crippen LogP contribution is 2.36. The van der Waals surface area contributed by atoms with Crippen LogP contribution in [0.25, 0.3) is 26.6 Å². The summed E-state index contributed by atoms with van der Waals surface area (Å²) in [6.45, 7) is 0.975. The van der Waals surface area contributed by atoms with E-state index in [-0.39, 0.29) is 0 Å². The first-order valence-corrected chi connectivity index (χ1v) is 7.10. The van der Waals surface area contributed by atoms with Gasteiger partial charge >= 0.3 is 0 Å². The highest BCUT2D eigenvalue weighted by Gasteiger charge is 2.32. The summed E-state index contributed by atoms with van der Waals surface area (Å²) in [7, 11) is 0. The van der Waals surface area contributed by atoms with Gasteiger partial charge in [-0.15, -0.1) is 0 Å². The molecule has 0 N–H and O–H groups in total. The Hall–Kier alpha value is -2.20. The molecule has 3 aromatic heterocycles. The van der Waals surface area contributed by atoms with Gasteiger partial charge in [0.05, 0.1) is 11.6 Å². The number of hydrogen-bond acceptors (Lipinski definition) is 2. The van der Waals surface area contributed by atoms with Gasteiger partial charge in [-0.25, -0.2) is 4.98 Å². The van der Waals surface area contributed by atoms with Gasteiger partial charge in [0.25, 0.3) is 5.01 Å². The quantitative estimate of drug-likeness (QED) is 0.394. The summed E-state index contributed by atoms with van der Waals surface area (Å²) in [6, 6.07) is 12.8. The van der Waals surface area contributed by atoms with Crippen molar-refractivity contribution in [1.82, 2.24) is 9.38 Å². The number of rotatable bonds is 0. The van der Waals surface area contributed by atoms with Gasteiger partial charge in [-0.1, -0.05) is 18.2 Å². The van der Waals surface area contributed by atoms with Crippen molar-refractivity contribution in [1.29, 1.82) is 0 Å². The van der Waals surface area contributed by atoms with Crippen molar-refractivity contribution < 1.29 is 4.57 Å². The largest absolute Gasteiger partial charge is 0.287 e. The summed E-state index contributed by atoms with van der Waals surface area (Å²) in [5, 5.41) is 1.36. The summed E-state index contributed by atoms with van der Waals surface area (Å²) < 4.78 is 4.58. The molecule has 0 spiro atoms. The van der Waals surface area contributed by atoms with Crippen molar-refractivity contribution in [3.05, 3.63) is 54.4 Å². The molecule has 0 fully saturated rings. The van der Waals surface area contributed by atoms with E-state index in [0.717, 1.165) is 12.2 Å². The molecule has 0 radical (unpaired) electrons. The Morgan fingerprint density at radius 2 is 2.16 bits per heavy atom. The summed E-state index contributed by atoms with van der Waals surface area (Å²) in [5.74, 6) is 0. The van der Waals surface area contributed by atoms with Gasteiger partial charge in [-0.2, -0.15) is 4.57 Å². The van der Waals surface area contributed by atoms with Crippen LogP contribution in [0.3, 0.4) is 0 Å². The molecule has 4 aromatic rings. The molecule has 1 aliphatic rings. The van der Waals surface area contributed by atoms with E-state index in [0.29, 0.717) is 0 Å². The second-order valence-electron chi connectivity index (χ2n) is 4.83. The maximum atomic E-state index is 4.42. The van der Waals surface area contributed by atoms with E-state index in [9.17, 15) is 0 Å². The molecular weight excluding hydrogens is 254 g/mol. The van der Waals surface area contributed by atoms with Crippen LogP contribution >= 0.6 is 11.3 Å². The SMILES string of the molecule is c1ccc2c(c1)C[n+]1c-2sc2c1cc1ncccn12. The zero-order chi connectivity index (χ0) is 12.4. The first kappa shape index (κ1) is 9.69. The Morgan fingerprint density at radius 3 is 3.16 bits per heavy atom. The molecule has 0 aliphatic carbocycles. The van der Waals surface area contributed by atoms with Crippen LogP contribution in [0.4, 0.5) is 0 Å². The smallest absolute Gasteiger partial charge is 0.272 e. The summed E-state index contributed by atoms with van der Waals surface area (Å²) >= 11 is 1.85. The average molecular weight is 264 g/mol. The Labute approximate surface area is 113 Å². The van der Waals surface area contributed by atoms with Gasteiger partial charge in [-0.05, 0) is 23.5 Å². The molecular formula is C15H10N3S+. The second kappa shape index (κ2) is 3.22. The van der Waals surface area contributed by atoms with Crippen molar-refractivity contribution in [2.45, 2.75) is 6.54 Å². The fourth-order valence-electron chi connectivity index (χ4n) is 2.91. The van der Waals surface area contributed by atoms with Gasteiger partial charge in [0.15, 0.2) is 11.4 Å². The molecule has 0 saturated heterocycles. The fourth-order valence-corrected chi connectivity index (χ4v) is 4.21. The number of thiazole rings is 1. The Balaban J connectivity index is 1.93. The molecule has 3 nitrogen and oxygen atoms in total. The van der Waals surface area contributed by atoms with E-state index in [1.165, 1.54) is 26.5 Å². The molecule has 4 heterocycles. The Morgan fingerprint density at radius 1 is 1.21 bits per heavy atom. The summed E-state index contributed by atoms with van der Waals surface area (Å²) in [5.41, 5.74) is 5.10. The molecule has 90 valence electrons. The molecule has 1 aromatic carbocycles. The minimum Gasteiger partial charge on any atom is -0.287 e. The van der Waals surface area contributed by atoms with Gasteiger partial charge < -0.3 is 0 Å². The molecule has 0 bridgehead atoms. The number of benzene rings is 1. The van der Waals surface area contributed by atoms with Crippen LogP contribution in [0.2, 0.25) is 0 Å². The third-order valence-electron chi connectivity index (χ3n) is 3.78. The number of hydrogen-bond donors (Lipinski definition) is 0. The standard InChI is InChI=1S/C15H10N3S/c1-2-5-11-10(4-1)9-18-12-8-13-16-6-3-7-17(13)15(12)19-14(11)18/h1-8H,9H2/q+1. The zero-order valence-electron chi connectivity index (χ0n) is 10.1. The lowest BCUT2D eigenvalue weighted by Crippen LogP contribution is -2.29. The van der Waals surface area contributed by atoms with E-state index >= 15 is 0 Å². The van der Waals surface area contributed by atoms with Crippen molar-refractivity contribution >= 4 is 27.3 Å². The highest BCUT2D eigenvalue weighted by molar-refractivity contribution is 7.20. The van der Waals surface area contributed by atoms with E-state index in [4.69, 9.17) is 0 Å². The zero-order valence-corrected chi connectivity index (χ0v) is 10.9. The van der Waals surface area contributed by atoms with Crippen molar-refractivity contribution in [3.63, 3.8) is 0 Å². The predicted octanol–water partition coefficient (Wildman–Crippen LogP) is 2.87. The molecule has 5 rings (SSSR count). The van der Waals surface area contributed by atoms with Crippen LogP contribution in [0.5, 0.6) is 0 Å².